The lowest BCUT2D eigenvalue weighted by Crippen LogP contribution is -2.14. The van der Waals surface area contributed by atoms with E-state index in [4.69, 9.17) is 5.73 Å². The van der Waals surface area contributed by atoms with Gasteiger partial charge in [0.15, 0.2) is 0 Å². The first-order chi connectivity index (χ1) is 9.26. The van der Waals surface area contributed by atoms with Crippen molar-refractivity contribution in [2.24, 2.45) is 5.73 Å². The topological polar surface area (TPSA) is 102 Å². The van der Waals surface area contributed by atoms with Crippen LogP contribution < -0.4 is 11.3 Å². The quantitative estimate of drug-likeness (QED) is 0.687. The molecule has 0 spiro atoms. The molecular weight excluding hydrogens is 244 g/mol. The third-order valence-electron chi connectivity index (χ3n) is 2.77. The molecule has 3 aromatic rings. The number of para-hydroxylation sites is 1. The van der Waals surface area contributed by atoms with Crippen molar-refractivity contribution in [1.82, 2.24) is 25.0 Å². The predicted octanol–water partition coefficient (Wildman–Crippen LogP) is 0.0216. The SMILES string of the molecule is NCc1cn(Cc2nc3ccccc3c(=O)[nH]2)nn1. The average Bonchev–Trinajstić information content (AvgIpc) is 2.86. The molecule has 96 valence electrons. The van der Waals surface area contributed by atoms with Crippen LogP contribution in [0.2, 0.25) is 0 Å². The van der Waals surface area contributed by atoms with E-state index in [0.717, 1.165) is 0 Å². The third-order valence-corrected chi connectivity index (χ3v) is 2.77. The van der Waals surface area contributed by atoms with Crippen LogP contribution in [0.4, 0.5) is 0 Å². The van der Waals surface area contributed by atoms with Crippen molar-refractivity contribution >= 4 is 10.9 Å². The van der Waals surface area contributed by atoms with Crippen molar-refractivity contribution in [2.45, 2.75) is 13.1 Å². The first kappa shape index (κ1) is 11.5. The maximum atomic E-state index is 11.9. The number of aromatic amines is 1. The maximum absolute atomic E-state index is 11.9. The van der Waals surface area contributed by atoms with E-state index in [2.05, 4.69) is 20.3 Å². The highest BCUT2D eigenvalue weighted by atomic mass is 16.1. The third kappa shape index (κ3) is 2.23. The molecule has 3 N–H and O–H groups in total. The van der Waals surface area contributed by atoms with Gasteiger partial charge in [-0.25, -0.2) is 9.67 Å². The highest BCUT2D eigenvalue weighted by Gasteiger charge is 2.05. The summed E-state index contributed by atoms with van der Waals surface area (Å²) in [5.74, 6) is 0.539. The average molecular weight is 256 g/mol. The van der Waals surface area contributed by atoms with Crippen molar-refractivity contribution in [3.8, 4) is 0 Å². The Morgan fingerprint density at radius 2 is 2.16 bits per heavy atom. The molecule has 0 unspecified atom stereocenters. The molecule has 19 heavy (non-hydrogen) atoms. The first-order valence-corrected chi connectivity index (χ1v) is 5.83. The molecule has 0 saturated heterocycles. The van der Waals surface area contributed by atoms with Gasteiger partial charge in [-0.15, -0.1) is 5.10 Å². The molecule has 0 aliphatic heterocycles. The fourth-order valence-corrected chi connectivity index (χ4v) is 1.87. The van der Waals surface area contributed by atoms with Gasteiger partial charge in [0.2, 0.25) is 0 Å². The van der Waals surface area contributed by atoms with Gasteiger partial charge in [-0.2, -0.15) is 0 Å². The number of aromatic nitrogens is 5. The van der Waals surface area contributed by atoms with Crippen molar-refractivity contribution in [1.29, 1.82) is 0 Å². The molecule has 0 saturated carbocycles. The van der Waals surface area contributed by atoms with E-state index >= 15 is 0 Å². The molecule has 1 aromatic carbocycles. The van der Waals surface area contributed by atoms with Gasteiger partial charge >= 0.3 is 0 Å². The van der Waals surface area contributed by atoms with E-state index in [0.29, 0.717) is 35.5 Å². The number of fused-ring (bicyclic) bond motifs is 1. The minimum atomic E-state index is -0.153. The Labute approximate surface area is 108 Å². The summed E-state index contributed by atoms with van der Waals surface area (Å²) >= 11 is 0. The largest absolute Gasteiger partial charge is 0.325 e. The number of nitrogens with one attached hydrogen (secondary N) is 1. The van der Waals surface area contributed by atoms with Crippen LogP contribution in [-0.2, 0) is 13.1 Å². The minimum Gasteiger partial charge on any atom is -0.325 e. The van der Waals surface area contributed by atoms with Gasteiger partial charge in [0, 0.05) is 6.54 Å². The van der Waals surface area contributed by atoms with Crippen LogP contribution in [-0.4, -0.2) is 25.0 Å². The molecule has 0 fully saturated rings. The van der Waals surface area contributed by atoms with Crippen LogP contribution in [0.25, 0.3) is 10.9 Å². The number of hydrogen-bond acceptors (Lipinski definition) is 5. The molecular formula is C12H12N6O. The minimum absolute atomic E-state index is 0.153. The van der Waals surface area contributed by atoms with E-state index < -0.39 is 0 Å². The van der Waals surface area contributed by atoms with Gasteiger partial charge in [-0.3, -0.25) is 4.79 Å². The van der Waals surface area contributed by atoms with Gasteiger partial charge in [-0.1, -0.05) is 17.3 Å². The van der Waals surface area contributed by atoms with Gasteiger partial charge in [0.05, 0.1) is 22.8 Å². The number of nitrogens with zero attached hydrogens (tertiary/aromatic N) is 4. The summed E-state index contributed by atoms with van der Waals surface area (Å²) in [5.41, 5.74) is 6.68. The molecule has 0 atom stereocenters. The number of benzene rings is 1. The van der Waals surface area contributed by atoms with E-state index in [-0.39, 0.29) is 5.56 Å². The molecule has 0 aliphatic carbocycles. The molecule has 0 amide bonds. The second-order valence-corrected chi connectivity index (χ2v) is 4.14. The zero-order valence-corrected chi connectivity index (χ0v) is 10.1. The summed E-state index contributed by atoms with van der Waals surface area (Å²) in [7, 11) is 0. The molecule has 0 bridgehead atoms. The fraction of sp³-hybridized carbons (Fsp3) is 0.167. The van der Waals surface area contributed by atoms with Gasteiger partial charge in [0.25, 0.3) is 5.56 Å². The van der Waals surface area contributed by atoms with Crippen LogP contribution in [0.15, 0.2) is 35.3 Å². The smallest absolute Gasteiger partial charge is 0.258 e. The Balaban J connectivity index is 1.99. The normalized spacial score (nSPS) is 11.0. The number of nitrogens with two attached hydrogens (primary N) is 1. The molecule has 0 aliphatic rings. The van der Waals surface area contributed by atoms with Crippen molar-refractivity contribution in [3.05, 3.63) is 52.3 Å². The first-order valence-electron chi connectivity index (χ1n) is 5.83. The van der Waals surface area contributed by atoms with Gasteiger partial charge < -0.3 is 10.7 Å². The Kier molecular flexibility index (Phi) is 2.81. The second kappa shape index (κ2) is 4.62. The number of H-pyrrole nitrogens is 1. The molecule has 2 aromatic heterocycles. The number of hydrogen-bond donors (Lipinski definition) is 2. The number of rotatable bonds is 3. The van der Waals surface area contributed by atoms with E-state index in [1.54, 1.807) is 23.0 Å². The Morgan fingerprint density at radius 1 is 1.32 bits per heavy atom. The summed E-state index contributed by atoms with van der Waals surface area (Å²) in [6.45, 7) is 0.689. The Hall–Kier alpha value is -2.54. The highest BCUT2D eigenvalue weighted by Crippen LogP contribution is 2.06. The Morgan fingerprint density at radius 3 is 2.95 bits per heavy atom. The lowest BCUT2D eigenvalue weighted by Gasteiger charge is -2.02. The summed E-state index contributed by atoms with van der Waals surface area (Å²) < 4.78 is 1.59. The van der Waals surface area contributed by atoms with Crippen molar-refractivity contribution in [3.63, 3.8) is 0 Å². The summed E-state index contributed by atoms with van der Waals surface area (Å²) in [6.07, 6.45) is 1.73. The molecule has 2 heterocycles. The standard InChI is InChI=1S/C12H12N6O/c13-5-8-6-18(17-16-8)7-11-14-10-4-2-1-3-9(10)12(19)15-11/h1-4,6H,5,7,13H2,(H,14,15,19). The molecule has 7 nitrogen and oxygen atoms in total. The molecule has 7 heteroatoms. The fourth-order valence-electron chi connectivity index (χ4n) is 1.87. The Bertz CT molecular complexity index is 775. The maximum Gasteiger partial charge on any atom is 0.258 e. The van der Waals surface area contributed by atoms with Gasteiger partial charge in [-0.05, 0) is 12.1 Å². The summed E-state index contributed by atoms with van der Waals surface area (Å²) in [4.78, 5) is 19.0. The summed E-state index contributed by atoms with van der Waals surface area (Å²) in [5, 5.41) is 8.38. The van der Waals surface area contributed by atoms with Crippen molar-refractivity contribution in [2.75, 3.05) is 0 Å². The summed E-state index contributed by atoms with van der Waals surface area (Å²) in [6, 6.07) is 7.21. The highest BCUT2D eigenvalue weighted by molar-refractivity contribution is 5.77. The van der Waals surface area contributed by atoms with E-state index in [9.17, 15) is 4.79 Å². The van der Waals surface area contributed by atoms with E-state index in [1.165, 1.54) is 0 Å². The molecule has 0 radical (unpaired) electrons. The van der Waals surface area contributed by atoms with Crippen LogP contribution in [0.1, 0.15) is 11.5 Å². The van der Waals surface area contributed by atoms with Crippen LogP contribution in [0, 0.1) is 0 Å². The lowest BCUT2D eigenvalue weighted by atomic mass is 10.2. The zero-order chi connectivity index (χ0) is 13.2. The predicted molar refractivity (Wildman–Crippen MR) is 69.4 cm³/mol. The van der Waals surface area contributed by atoms with Crippen LogP contribution in [0.5, 0.6) is 0 Å². The second-order valence-electron chi connectivity index (χ2n) is 4.14. The van der Waals surface area contributed by atoms with Crippen LogP contribution >= 0.6 is 0 Å². The van der Waals surface area contributed by atoms with Gasteiger partial charge in [0.1, 0.15) is 12.4 Å². The lowest BCUT2D eigenvalue weighted by molar-refractivity contribution is 0.625. The van der Waals surface area contributed by atoms with Crippen molar-refractivity contribution < 1.29 is 0 Å². The zero-order valence-electron chi connectivity index (χ0n) is 10.1. The molecule has 3 rings (SSSR count). The van der Waals surface area contributed by atoms with Crippen LogP contribution in [0.3, 0.4) is 0 Å². The monoisotopic (exact) mass is 256 g/mol. The van der Waals surface area contributed by atoms with E-state index in [1.807, 2.05) is 12.1 Å².